The fraction of sp³-hybridized carbons (Fsp3) is 0.500. The number of cyclic esters (lactones) is 1. The Balaban J connectivity index is 1.70. The highest BCUT2D eigenvalue weighted by Gasteiger charge is 2.47. The molecule has 1 aromatic rings. The standard InChI is InChI=1S/C16H18O7/c1-16(2)8-21-15(18)13(16)23-14(17)12-7-20-10-5-4-9(19-3)6-11(10)22-12/h4-6,12-13H,7-8H2,1-3H3/t12?,13-/m0/s1. The van der Waals surface area contributed by atoms with Crippen molar-refractivity contribution in [1.82, 2.24) is 0 Å². The van der Waals surface area contributed by atoms with Gasteiger partial charge in [-0.05, 0) is 12.1 Å². The predicted molar refractivity (Wildman–Crippen MR) is 77.5 cm³/mol. The van der Waals surface area contributed by atoms with E-state index in [1.165, 1.54) is 7.11 Å². The van der Waals surface area contributed by atoms with Gasteiger partial charge < -0.3 is 23.7 Å². The molecule has 0 spiro atoms. The number of carbonyl (C=O) groups is 2. The highest BCUT2D eigenvalue weighted by molar-refractivity contribution is 5.83. The van der Waals surface area contributed by atoms with Gasteiger partial charge in [0.2, 0.25) is 12.2 Å². The molecule has 124 valence electrons. The average molecular weight is 322 g/mol. The minimum Gasteiger partial charge on any atom is -0.497 e. The van der Waals surface area contributed by atoms with E-state index >= 15 is 0 Å². The summed E-state index contributed by atoms with van der Waals surface area (Å²) in [6.07, 6.45) is -1.89. The molecule has 0 saturated carbocycles. The van der Waals surface area contributed by atoms with Crippen molar-refractivity contribution in [2.24, 2.45) is 5.41 Å². The van der Waals surface area contributed by atoms with E-state index in [-0.39, 0.29) is 13.2 Å². The fourth-order valence-electron chi connectivity index (χ4n) is 2.42. The van der Waals surface area contributed by atoms with Crippen molar-refractivity contribution < 1.29 is 33.3 Å². The van der Waals surface area contributed by atoms with Gasteiger partial charge in [0.25, 0.3) is 0 Å². The topological polar surface area (TPSA) is 80.3 Å². The van der Waals surface area contributed by atoms with E-state index in [9.17, 15) is 9.59 Å². The second-order valence-corrected chi connectivity index (χ2v) is 6.14. The van der Waals surface area contributed by atoms with E-state index in [2.05, 4.69) is 0 Å². The normalized spacial score (nSPS) is 24.7. The van der Waals surface area contributed by atoms with Crippen molar-refractivity contribution in [2.45, 2.75) is 26.1 Å². The molecule has 0 amide bonds. The van der Waals surface area contributed by atoms with Gasteiger partial charge in [-0.3, -0.25) is 0 Å². The Morgan fingerprint density at radius 3 is 2.70 bits per heavy atom. The highest BCUT2D eigenvalue weighted by atomic mass is 16.6. The van der Waals surface area contributed by atoms with Crippen LogP contribution in [0, 0.1) is 5.41 Å². The van der Waals surface area contributed by atoms with Crippen LogP contribution in [0.4, 0.5) is 0 Å². The number of fused-ring (bicyclic) bond motifs is 1. The zero-order valence-corrected chi connectivity index (χ0v) is 13.2. The van der Waals surface area contributed by atoms with Crippen LogP contribution in [0.25, 0.3) is 0 Å². The summed E-state index contributed by atoms with van der Waals surface area (Å²) in [6.45, 7) is 3.83. The van der Waals surface area contributed by atoms with E-state index in [0.29, 0.717) is 17.2 Å². The number of carbonyl (C=O) groups excluding carboxylic acids is 2. The van der Waals surface area contributed by atoms with Crippen molar-refractivity contribution >= 4 is 11.9 Å². The molecule has 0 N–H and O–H groups in total. The first-order valence-corrected chi connectivity index (χ1v) is 7.25. The summed E-state index contributed by atoms with van der Waals surface area (Å²) in [7, 11) is 1.53. The minimum atomic E-state index is -0.946. The number of hydrogen-bond donors (Lipinski definition) is 0. The van der Waals surface area contributed by atoms with Gasteiger partial charge in [0.1, 0.15) is 19.0 Å². The van der Waals surface area contributed by atoms with Crippen LogP contribution in [-0.4, -0.2) is 44.5 Å². The Morgan fingerprint density at radius 2 is 2.04 bits per heavy atom. The van der Waals surface area contributed by atoms with Crippen LogP contribution in [0.3, 0.4) is 0 Å². The summed E-state index contributed by atoms with van der Waals surface area (Å²) in [5.41, 5.74) is -0.566. The monoisotopic (exact) mass is 322 g/mol. The van der Waals surface area contributed by atoms with Gasteiger partial charge in [-0.25, -0.2) is 9.59 Å². The molecule has 1 fully saturated rings. The number of methoxy groups -OCH3 is 1. The smallest absolute Gasteiger partial charge is 0.351 e. The molecule has 0 aliphatic carbocycles. The maximum absolute atomic E-state index is 12.3. The van der Waals surface area contributed by atoms with E-state index < -0.39 is 29.6 Å². The van der Waals surface area contributed by atoms with Crippen LogP contribution < -0.4 is 14.2 Å². The Labute approximate surface area is 133 Å². The second-order valence-electron chi connectivity index (χ2n) is 6.14. The van der Waals surface area contributed by atoms with E-state index in [1.807, 2.05) is 0 Å². The zero-order chi connectivity index (χ0) is 16.6. The molecule has 2 aliphatic rings. The largest absolute Gasteiger partial charge is 0.497 e. The van der Waals surface area contributed by atoms with Gasteiger partial charge >= 0.3 is 11.9 Å². The SMILES string of the molecule is COc1ccc2c(c1)OC(C(=O)O[C@H]1C(=O)OCC1(C)C)CO2. The van der Waals surface area contributed by atoms with Gasteiger partial charge in [-0.1, -0.05) is 13.8 Å². The number of hydrogen-bond acceptors (Lipinski definition) is 7. The first kappa shape index (κ1) is 15.5. The first-order chi connectivity index (χ1) is 10.9. The third-order valence-corrected chi connectivity index (χ3v) is 3.82. The lowest BCUT2D eigenvalue weighted by atomic mass is 9.90. The second kappa shape index (κ2) is 5.64. The summed E-state index contributed by atoms with van der Waals surface area (Å²) in [4.78, 5) is 24.0. The molecule has 2 aliphatic heterocycles. The van der Waals surface area contributed by atoms with Crippen LogP contribution in [-0.2, 0) is 19.1 Å². The first-order valence-electron chi connectivity index (χ1n) is 7.25. The van der Waals surface area contributed by atoms with E-state index in [4.69, 9.17) is 23.7 Å². The minimum absolute atomic E-state index is 0.0142. The van der Waals surface area contributed by atoms with Crippen molar-refractivity contribution in [3.63, 3.8) is 0 Å². The van der Waals surface area contributed by atoms with Crippen molar-refractivity contribution in [3.8, 4) is 17.2 Å². The van der Waals surface area contributed by atoms with Gasteiger partial charge in [0.05, 0.1) is 7.11 Å². The highest BCUT2D eigenvalue weighted by Crippen LogP contribution is 2.36. The van der Waals surface area contributed by atoms with Crippen molar-refractivity contribution in [2.75, 3.05) is 20.3 Å². The molecule has 2 atom stereocenters. The number of ether oxygens (including phenoxy) is 5. The predicted octanol–water partition coefficient (Wildman–Crippen LogP) is 1.33. The lowest BCUT2D eigenvalue weighted by Gasteiger charge is -2.28. The molecule has 1 saturated heterocycles. The molecule has 0 bridgehead atoms. The maximum Gasteiger partial charge on any atom is 0.351 e. The van der Waals surface area contributed by atoms with Gasteiger partial charge in [-0.15, -0.1) is 0 Å². The molecule has 1 aromatic carbocycles. The van der Waals surface area contributed by atoms with Crippen LogP contribution in [0.5, 0.6) is 17.2 Å². The zero-order valence-electron chi connectivity index (χ0n) is 13.2. The summed E-state index contributed by atoms with van der Waals surface area (Å²) < 4.78 is 26.5. The van der Waals surface area contributed by atoms with Crippen molar-refractivity contribution in [1.29, 1.82) is 0 Å². The molecule has 23 heavy (non-hydrogen) atoms. The van der Waals surface area contributed by atoms with Crippen LogP contribution in [0.15, 0.2) is 18.2 Å². The average Bonchev–Trinajstić information content (AvgIpc) is 2.80. The molecule has 0 aromatic heterocycles. The van der Waals surface area contributed by atoms with Gasteiger partial charge in [0.15, 0.2) is 11.5 Å². The third kappa shape index (κ3) is 2.91. The molecule has 7 nitrogen and oxygen atoms in total. The third-order valence-electron chi connectivity index (χ3n) is 3.82. The quantitative estimate of drug-likeness (QED) is 0.777. The molecular weight excluding hydrogens is 304 g/mol. The maximum atomic E-state index is 12.3. The van der Waals surface area contributed by atoms with Crippen LogP contribution >= 0.6 is 0 Å². The molecular formula is C16H18O7. The lowest BCUT2D eigenvalue weighted by Crippen LogP contribution is -2.43. The van der Waals surface area contributed by atoms with Gasteiger partial charge in [-0.2, -0.15) is 0 Å². The number of esters is 2. The molecule has 0 radical (unpaired) electrons. The number of benzene rings is 1. The summed E-state index contributed by atoms with van der Waals surface area (Å²) >= 11 is 0. The summed E-state index contributed by atoms with van der Waals surface area (Å²) in [6, 6.07) is 5.06. The lowest BCUT2D eigenvalue weighted by molar-refractivity contribution is -0.170. The molecule has 2 heterocycles. The molecule has 1 unspecified atom stereocenters. The summed E-state index contributed by atoms with van der Waals surface area (Å²) in [5.74, 6) is 0.306. The van der Waals surface area contributed by atoms with Gasteiger partial charge in [0, 0.05) is 11.5 Å². The Kier molecular flexibility index (Phi) is 3.79. The Bertz CT molecular complexity index is 637. The molecule has 7 heteroatoms. The van der Waals surface area contributed by atoms with Crippen molar-refractivity contribution in [3.05, 3.63) is 18.2 Å². The van der Waals surface area contributed by atoms with E-state index in [0.717, 1.165) is 0 Å². The Hall–Kier alpha value is -2.44. The van der Waals surface area contributed by atoms with Crippen LogP contribution in [0.1, 0.15) is 13.8 Å². The van der Waals surface area contributed by atoms with E-state index in [1.54, 1.807) is 32.0 Å². The van der Waals surface area contributed by atoms with Crippen LogP contribution in [0.2, 0.25) is 0 Å². The molecule has 3 rings (SSSR count). The Morgan fingerprint density at radius 1 is 1.26 bits per heavy atom. The fourth-order valence-corrected chi connectivity index (χ4v) is 2.42. The summed E-state index contributed by atoms with van der Waals surface area (Å²) in [5, 5.41) is 0. The number of rotatable bonds is 3.